The molecule has 3 aromatic rings. The van der Waals surface area contributed by atoms with Crippen LogP contribution in [0.15, 0.2) is 66.9 Å². The molecular formula is C20H18N2O2. The monoisotopic (exact) mass is 318 g/mol. The zero-order chi connectivity index (χ0) is 17.2. The third-order valence-corrected chi connectivity index (χ3v) is 4.09. The van der Waals surface area contributed by atoms with Crippen LogP contribution >= 0.6 is 0 Å². The summed E-state index contributed by atoms with van der Waals surface area (Å²) in [7, 11) is 0. The number of aromatic nitrogens is 2. The lowest BCUT2D eigenvalue weighted by Crippen LogP contribution is -2.28. The van der Waals surface area contributed by atoms with Crippen LogP contribution in [0.2, 0.25) is 0 Å². The average molecular weight is 318 g/mol. The van der Waals surface area contributed by atoms with E-state index in [0.717, 1.165) is 28.2 Å². The lowest BCUT2D eigenvalue weighted by atomic mass is 9.84. The van der Waals surface area contributed by atoms with Crippen LogP contribution in [0.1, 0.15) is 19.4 Å². The lowest BCUT2D eigenvalue weighted by molar-refractivity contribution is -0.142. The Hall–Kier alpha value is -3.01. The molecule has 120 valence electrons. The summed E-state index contributed by atoms with van der Waals surface area (Å²) in [5.41, 5.74) is 3.07. The van der Waals surface area contributed by atoms with Gasteiger partial charge in [-0.25, -0.2) is 4.98 Å². The van der Waals surface area contributed by atoms with Crippen molar-refractivity contribution in [2.75, 3.05) is 0 Å². The maximum atomic E-state index is 11.5. The van der Waals surface area contributed by atoms with Gasteiger partial charge < -0.3 is 5.11 Å². The van der Waals surface area contributed by atoms with E-state index < -0.39 is 11.4 Å². The molecule has 4 heteroatoms. The summed E-state index contributed by atoms with van der Waals surface area (Å²) in [6.45, 7) is 3.40. The van der Waals surface area contributed by atoms with Crippen LogP contribution in [-0.2, 0) is 10.2 Å². The minimum atomic E-state index is -0.950. The first-order valence-electron chi connectivity index (χ1n) is 7.71. The van der Waals surface area contributed by atoms with Crippen molar-refractivity contribution >= 4 is 5.97 Å². The summed E-state index contributed by atoms with van der Waals surface area (Å²) in [4.78, 5) is 20.5. The Kier molecular flexibility index (Phi) is 4.13. The number of hydrogen-bond acceptors (Lipinski definition) is 3. The molecule has 24 heavy (non-hydrogen) atoms. The number of nitrogens with zero attached hydrogens (tertiary/aromatic N) is 2. The molecule has 1 aromatic carbocycles. The molecule has 0 bridgehead atoms. The number of rotatable bonds is 4. The molecule has 3 rings (SSSR count). The van der Waals surface area contributed by atoms with Crippen LogP contribution in [0.25, 0.3) is 22.6 Å². The summed E-state index contributed by atoms with van der Waals surface area (Å²) in [5.74, 6) is -0.852. The highest BCUT2D eigenvalue weighted by molar-refractivity contribution is 5.81. The lowest BCUT2D eigenvalue weighted by Gasteiger charge is -2.20. The second kappa shape index (κ2) is 6.24. The molecule has 1 N–H and O–H groups in total. The summed E-state index contributed by atoms with van der Waals surface area (Å²) < 4.78 is 0. The molecule has 0 saturated heterocycles. The number of benzene rings is 1. The first-order chi connectivity index (χ1) is 11.5. The standard InChI is InChI=1S/C20H18N2O2/c1-20(2,19(23)24)15-8-5-7-14(13-15)16-10-6-11-18(22-16)17-9-3-4-12-21-17/h3-13H,1-2H3,(H,23,24). The fourth-order valence-electron chi connectivity index (χ4n) is 2.44. The molecule has 0 radical (unpaired) electrons. The maximum absolute atomic E-state index is 11.5. The Balaban J connectivity index is 2.03. The van der Waals surface area contributed by atoms with Gasteiger partial charge in [-0.15, -0.1) is 0 Å². The Morgan fingerprint density at radius 3 is 2.33 bits per heavy atom. The third-order valence-electron chi connectivity index (χ3n) is 4.09. The predicted molar refractivity (Wildman–Crippen MR) is 93.6 cm³/mol. The molecule has 4 nitrogen and oxygen atoms in total. The van der Waals surface area contributed by atoms with E-state index >= 15 is 0 Å². The minimum absolute atomic E-state index is 0.748. The zero-order valence-electron chi connectivity index (χ0n) is 13.6. The molecule has 0 aliphatic heterocycles. The Morgan fingerprint density at radius 2 is 1.62 bits per heavy atom. The van der Waals surface area contributed by atoms with Crippen LogP contribution in [0.4, 0.5) is 0 Å². The van der Waals surface area contributed by atoms with Crippen molar-refractivity contribution in [3.63, 3.8) is 0 Å². The van der Waals surface area contributed by atoms with E-state index in [1.54, 1.807) is 20.0 Å². The van der Waals surface area contributed by atoms with Gasteiger partial charge >= 0.3 is 5.97 Å². The van der Waals surface area contributed by atoms with Gasteiger partial charge in [0, 0.05) is 11.8 Å². The minimum Gasteiger partial charge on any atom is -0.481 e. The molecule has 0 unspecified atom stereocenters. The Labute approximate surface area is 140 Å². The zero-order valence-corrected chi connectivity index (χ0v) is 13.6. The smallest absolute Gasteiger partial charge is 0.313 e. The van der Waals surface area contributed by atoms with E-state index in [1.165, 1.54) is 0 Å². The molecule has 0 amide bonds. The number of carboxylic acids is 1. The second-order valence-electron chi connectivity index (χ2n) is 6.13. The maximum Gasteiger partial charge on any atom is 0.313 e. The highest BCUT2D eigenvalue weighted by Crippen LogP contribution is 2.28. The van der Waals surface area contributed by atoms with Gasteiger partial charge in [-0.2, -0.15) is 0 Å². The number of carbonyl (C=O) groups is 1. The van der Waals surface area contributed by atoms with Gasteiger partial charge in [0.05, 0.1) is 22.5 Å². The molecule has 0 aliphatic rings. The first-order valence-corrected chi connectivity index (χ1v) is 7.71. The molecule has 0 fully saturated rings. The van der Waals surface area contributed by atoms with Gasteiger partial charge in [0.25, 0.3) is 0 Å². The van der Waals surface area contributed by atoms with Crippen molar-refractivity contribution < 1.29 is 9.90 Å². The van der Waals surface area contributed by atoms with Gasteiger partial charge in [-0.3, -0.25) is 9.78 Å². The third kappa shape index (κ3) is 3.04. The number of carboxylic acid groups (broad SMARTS) is 1. The Morgan fingerprint density at radius 1 is 0.917 bits per heavy atom. The molecular weight excluding hydrogens is 300 g/mol. The summed E-state index contributed by atoms with van der Waals surface area (Å²) >= 11 is 0. The number of pyridine rings is 2. The quantitative estimate of drug-likeness (QED) is 0.784. The van der Waals surface area contributed by atoms with Crippen molar-refractivity contribution in [3.05, 3.63) is 72.4 Å². The summed E-state index contributed by atoms with van der Waals surface area (Å²) in [5, 5.41) is 9.43. The van der Waals surface area contributed by atoms with Crippen LogP contribution in [0, 0.1) is 0 Å². The van der Waals surface area contributed by atoms with Gasteiger partial charge in [0.2, 0.25) is 0 Å². The van der Waals surface area contributed by atoms with E-state index in [2.05, 4.69) is 9.97 Å². The van der Waals surface area contributed by atoms with Gasteiger partial charge in [-0.1, -0.05) is 30.3 Å². The molecule has 0 spiro atoms. The van der Waals surface area contributed by atoms with Gasteiger partial charge in [0.15, 0.2) is 0 Å². The highest BCUT2D eigenvalue weighted by atomic mass is 16.4. The van der Waals surface area contributed by atoms with Crippen LogP contribution in [0.3, 0.4) is 0 Å². The molecule has 0 aliphatic carbocycles. The van der Waals surface area contributed by atoms with Crippen LogP contribution < -0.4 is 0 Å². The number of aliphatic carboxylic acids is 1. The van der Waals surface area contributed by atoms with Gasteiger partial charge in [0.1, 0.15) is 0 Å². The SMILES string of the molecule is CC(C)(C(=O)O)c1cccc(-c2cccc(-c3ccccn3)n2)c1. The summed E-state index contributed by atoms with van der Waals surface area (Å²) in [6, 6.07) is 19.0. The fourth-order valence-corrected chi connectivity index (χ4v) is 2.44. The molecule has 2 aromatic heterocycles. The molecule has 0 saturated carbocycles. The topological polar surface area (TPSA) is 63.1 Å². The fraction of sp³-hybridized carbons (Fsp3) is 0.150. The van der Waals surface area contributed by atoms with E-state index in [1.807, 2.05) is 60.7 Å². The normalized spacial score (nSPS) is 11.2. The average Bonchev–Trinajstić information content (AvgIpc) is 2.62. The van der Waals surface area contributed by atoms with Crippen LogP contribution in [0.5, 0.6) is 0 Å². The number of hydrogen-bond donors (Lipinski definition) is 1. The van der Waals surface area contributed by atoms with E-state index in [0.29, 0.717) is 0 Å². The second-order valence-corrected chi connectivity index (χ2v) is 6.13. The molecule has 0 atom stereocenters. The highest BCUT2D eigenvalue weighted by Gasteiger charge is 2.29. The van der Waals surface area contributed by atoms with E-state index in [4.69, 9.17) is 0 Å². The molecule has 2 heterocycles. The van der Waals surface area contributed by atoms with Crippen molar-refractivity contribution in [1.29, 1.82) is 0 Å². The van der Waals surface area contributed by atoms with Crippen molar-refractivity contribution in [2.45, 2.75) is 19.3 Å². The van der Waals surface area contributed by atoms with Crippen molar-refractivity contribution in [3.8, 4) is 22.6 Å². The van der Waals surface area contributed by atoms with E-state index in [-0.39, 0.29) is 0 Å². The summed E-state index contributed by atoms with van der Waals surface area (Å²) in [6.07, 6.45) is 1.74. The predicted octanol–water partition coefficient (Wildman–Crippen LogP) is 4.17. The first kappa shape index (κ1) is 15.9. The van der Waals surface area contributed by atoms with Crippen LogP contribution in [-0.4, -0.2) is 21.0 Å². The Bertz CT molecular complexity index is 874. The van der Waals surface area contributed by atoms with Gasteiger partial charge in [-0.05, 0) is 49.7 Å². The van der Waals surface area contributed by atoms with Crippen molar-refractivity contribution in [1.82, 2.24) is 9.97 Å². The van der Waals surface area contributed by atoms with E-state index in [9.17, 15) is 9.90 Å². The van der Waals surface area contributed by atoms with Crippen molar-refractivity contribution in [2.24, 2.45) is 0 Å². The largest absolute Gasteiger partial charge is 0.481 e.